The Morgan fingerprint density at radius 3 is 2.44 bits per heavy atom. The predicted molar refractivity (Wildman–Crippen MR) is 74.4 cm³/mol. The van der Waals surface area contributed by atoms with Crippen molar-refractivity contribution in [3.05, 3.63) is 47.5 Å². The summed E-state index contributed by atoms with van der Waals surface area (Å²) in [5, 5.41) is 0. The van der Waals surface area contributed by atoms with Crippen molar-refractivity contribution in [2.45, 2.75) is 31.6 Å². The van der Waals surface area contributed by atoms with E-state index in [1.807, 2.05) is 32.3 Å². The third-order valence-electron chi connectivity index (χ3n) is 3.52. The lowest BCUT2D eigenvalue weighted by atomic mass is 9.84. The first-order valence-electron chi connectivity index (χ1n) is 6.65. The summed E-state index contributed by atoms with van der Waals surface area (Å²) in [5.74, 6) is 0.107. The number of carbonyl (C=O) groups excluding carboxylic acids is 1. The largest absolute Gasteiger partial charge is 0.348 e. The van der Waals surface area contributed by atoms with Crippen LogP contribution in [0.1, 0.15) is 37.2 Å². The number of likely N-dealkylation sites (N-methyl/N-ethyl adjacent to an activating group) is 1. The Labute approximate surface area is 109 Å². The molecule has 2 nitrogen and oxygen atoms in total. The second-order valence-corrected chi connectivity index (χ2v) is 5.10. The Morgan fingerprint density at radius 2 is 1.89 bits per heavy atom. The molecule has 0 N–H and O–H groups in total. The molecule has 0 radical (unpaired) electrons. The number of amides is 1. The fraction of sp³-hybridized carbons (Fsp3) is 0.438. The maximum atomic E-state index is 12.4. The van der Waals surface area contributed by atoms with Crippen LogP contribution in [0.5, 0.6) is 0 Å². The number of hydrogen-bond acceptors (Lipinski definition) is 1. The Kier molecular flexibility index (Phi) is 4.19. The number of hydrogen-bond donors (Lipinski definition) is 0. The first-order valence-corrected chi connectivity index (χ1v) is 6.65. The van der Waals surface area contributed by atoms with Crippen molar-refractivity contribution in [3.63, 3.8) is 0 Å². The van der Waals surface area contributed by atoms with Crippen molar-refractivity contribution in [1.29, 1.82) is 0 Å². The van der Waals surface area contributed by atoms with Crippen LogP contribution in [0.4, 0.5) is 0 Å². The van der Waals surface area contributed by atoms with Gasteiger partial charge in [-0.1, -0.05) is 42.0 Å². The van der Waals surface area contributed by atoms with Gasteiger partial charge in [-0.2, -0.15) is 0 Å². The van der Waals surface area contributed by atoms with Gasteiger partial charge in [-0.3, -0.25) is 4.79 Å². The maximum absolute atomic E-state index is 12.4. The highest BCUT2D eigenvalue weighted by molar-refractivity contribution is 5.86. The van der Waals surface area contributed by atoms with Gasteiger partial charge in [0.2, 0.25) is 5.91 Å². The predicted octanol–water partition coefficient (Wildman–Crippen LogP) is 3.36. The van der Waals surface area contributed by atoms with Crippen molar-refractivity contribution in [1.82, 2.24) is 4.90 Å². The van der Waals surface area contributed by atoms with E-state index < -0.39 is 0 Å². The van der Waals surface area contributed by atoms with Gasteiger partial charge in [0.05, 0.1) is 5.92 Å². The van der Waals surface area contributed by atoms with Crippen LogP contribution in [0, 0.1) is 0 Å². The molecule has 0 spiro atoms. The Balaban J connectivity index is 2.34. The highest BCUT2D eigenvalue weighted by Gasteiger charge is 2.26. The summed E-state index contributed by atoms with van der Waals surface area (Å²) in [7, 11) is 3.67. The van der Waals surface area contributed by atoms with E-state index in [1.54, 1.807) is 4.90 Å². The molecular formula is C16H21NO. The molecule has 2 heteroatoms. The summed E-state index contributed by atoms with van der Waals surface area (Å²) in [6, 6.07) is 10.1. The van der Waals surface area contributed by atoms with Gasteiger partial charge in [-0.15, -0.1) is 0 Å². The van der Waals surface area contributed by atoms with Gasteiger partial charge in [0.15, 0.2) is 0 Å². The summed E-state index contributed by atoms with van der Waals surface area (Å²) in [6.07, 6.45) is 6.89. The van der Waals surface area contributed by atoms with E-state index in [4.69, 9.17) is 0 Å². The lowest BCUT2D eigenvalue weighted by molar-refractivity contribution is -0.129. The molecule has 0 unspecified atom stereocenters. The van der Waals surface area contributed by atoms with Crippen LogP contribution in [0.2, 0.25) is 0 Å². The van der Waals surface area contributed by atoms with Gasteiger partial charge in [-0.25, -0.2) is 0 Å². The van der Waals surface area contributed by atoms with E-state index in [1.165, 1.54) is 18.4 Å². The molecule has 18 heavy (non-hydrogen) atoms. The molecular weight excluding hydrogens is 222 g/mol. The van der Waals surface area contributed by atoms with Crippen LogP contribution in [-0.4, -0.2) is 24.9 Å². The Hall–Kier alpha value is -1.57. The van der Waals surface area contributed by atoms with Crippen LogP contribution in [-0.2, 0) is 4.79 Å². The van der Waals surface area contributed by atoms with Crippen LogP contribution in [0.15, 0.2) is 42.0 Å². The summed E-state index contributed by atoms with van der Waals surface area (Å²) < 4.78 is 0. The molecule has 0 fully saturated rings. The molecule has 0 aliphatic heterocycles. The van der Waals surface area contributed by atoms with E-state index in [0.29, 0.717) is 0 Å². The van der Waals surface area contributed by atoms with E-state index in [2.05, 4.69) is 18.2 Å². The Morgan fingerprint density at radius 1 is 1.17 bits per heavy atom. The molecule has 1 aliphatic rings. The third-order valence-corrected chi connectivity index (χ3v) is 3.52. The Bertz CT molecular complexity index is 434. The topological polar surface area (TPSA) is 20.3 Å². The normalized spacial score (nSPS) is 16.9. The number of benzene rings is 1. The first kappa shape index (κ1) is 12.9. The quantitative estimate of drug-likeness (QED) is 0.745. The first-order chi connectivity index (χ1) is 8.70. The zero-order valence-corrected chi connectivity index (χ0v) is 11.2. The molecule has 96 valence electrons. The number of allylic oxidation sites excluding steroid dienone is 1. The average Bonchev–Trinajstić information content (AvgIpc) is 2.41. The molecule has 0 saturated carbocycles. The zero-order valence-electron chi connectivity index (χ0n) is 11.2. The van der Waals surface area contributed by atoms with Gasteiger partial charge in [0, 0.05) is 14.1 Å². The fourth-order valence-electron chi connectivity index (χ4n) is 2.54. The van der Waals surface area contributed by atoms with Gasteiger partial charge in [0.1, 0.15) is 0 Å². The average molecular weight is 243 g/mol. The lowest BCUT2D eigenvalue weighted by Gasteiger charge is -2.25. The van der Waals surface area contributed by atoms with Crippen molar-refractivity contribution in [2.24, 2.45) is 0 Å². The van der Waals surface area contributed by atoms with Crippen molar-refractivity contribution >= 4 is 5.91 Å². The summed E-state index contributed by atoms with van der Waals surface area (Å²) in [5.41, 5.74) is 2.41. The molecule has 0 saturated heterocycles. The minimum absolute atomic E-state index is 0.0819. The van der Waals surface area contributed by atoms with Gasteiger partial charge >= 0.3 is 0 Å². The van der Waals surface area contributed by atoms with Crippen molar-refractivity contribution in [2.75, 3.05) is 14.1 Å². The summed E-state index contributed by atoms with van der Waals surface area (Å²) in [4.78, 5) is 14.1. The monoisotopic (exact) mass is 243 g/mol. The summed E-state index contributed by atoms with van der Waals surface area (Å²) in [6.45, 7) is 0. The van der Waals surface area contributed by atoms with Gasteiger partial charge < -0.3 is 4.90 Å². The smallest absolute Gasteiger partial charge is 0.233 e. The van der Waals surface area contributed by atoms with Crippen LogP contribution >= 0.6 is 0 Å². The van der Waals surface area contributed by atoms with Gasteiger partial charge in [0.25, 0.3) is 0 Å². The second kappa shape index (κ2) is 5.85. The fourth-order valence-corrected chi connectivity index (χ4v) is 2.54. The second-order valence-electron chi connectivity index (χ2n) is 5.10. The molecule has 1 amide bonds. The van der Waals surface area contributed by atoms with E-state index in [-0.39, 0.29) is 11.8 Å². The minimum atomic E-state index is -0.0819. The molecule has 1 aromatic carbocycles. The van der Waals surface area contributed by atoms with Crippen LogP contribution in [0.25, 0.3) is 0 Å². The standard InChI is InChI=1S/C16H21NO/c1-17(2)16(18)15(13-9-5-3-6-10-13)14-11-7-4-8-12-14/h3,5-6,9-11,15H,4,7-8,12H2,1-2H3/t15-/m0/s1. The van der Waals surface area contributed by atoms with Crippen molar-refractivity contribution < 1.29 is 4.79 Å². The van der Waals surface area contributed by atoms with E-state index in [9.17, 15) is 4.79 Å². The van der Waals surface area contributed by atoms with E-state index in [0.717, 1.165) is 18.4 Å². The molecule has 2 rings (SSSR count). The van der Waals surface area contributed by atoms with Gasteiger partial charge in [-0.05, 0) is 31.2 Å². The lowest BCUT2D eigenvalue weighted by Crippen LogP contribution is -2.29. The SMILES string of the molecule is CN(C)C(=O)[C@H](C1=CCCCC1)c1ccccc1. The highest BCUT2D eigenvalue weighted by Crippen LogP contribution is 2.32. The van der Waals surface area contributed by atoms with Crippen molar-refractivity contribution in [3.8, 4) is 0 Å². The highest BCUT2D eigenvalue weighted by atomic mass is 16.2. The molecule has 1 atom stereocenters. The summed E-state index contributed by atoms with van der Waals surface area (Å²) >= 11 is 0. The number of nitrogens with zero attached hydrogens (tertiary/aromatic N) is 1. The molecule has 0 aromatic heterocycles. The molecule has 1 aromatic rings. The van der Waals surface area contributed by atoms with Crippen LogP contribution < -0.4 is 0 Å². The zero-order chi connectivity index (χ0) is 13.0. The molecule has 0 bridgehead atoms. The number of rotatable bonds is 3. The maximum Gasteiger partial charge on any atom is 0.233 e. The number of carbonyl (C=O) groups is 1. The molecule has 0 heterocycles. The third kappa shape index (κ3) is 2.81. The minimum Gasteiger partial charge on any atom is -0.348 e. The van der Waals surface area contributed by atoms with Crippen LogP contribution in [0.3, 0.4) is 0 Å². The van der Waals surface area contributed by atoms with E-state index >= 15 is 0 Å². The molecule has 1 aliphatic carbocycles.